The number of rotatable bonds is 19. The lowest BCUT2D eigenvalue weighted by molar-refractivity contribution is -0.302. The first kappa shape index (κ1) is 27.9. The average Bonchev–Trinajstić information content (AvgIpc) is 2.74. The third kappa shape index (κ3) is 12.5. The molecule has 180 valence electrons. The van der Waals surface area contributed by atoms with Crippen LogP contribution >= 0.6 is 0 Å². The van der Waals surface area contributed by atoms with Crippen molar-refractivity contribution in [3.8, 4) is 0 Å². The molecule has 0 aliphatic heterocycles. The lowest BCUT2D eigenvalue weighted by Crippen LogP contribution is -2.27. The molecule has 1 aromatic carbocycles. The number of ether oxygens (including phenoxy) is 3. The van der Waals surface area contributed by atoms with E-state index in [1.807, 2.05) is 13.8 Å². The highest BCUT2D eigenvalue weighted by Gasteiger charge is 2.17. The fourth-order valence-corrected chi connectivity index (χ4v) is 3.62. The molecule has 0 heterocycles. The van der Waals surface area contributed by atoms with Gasteiger partial charge in [-0.25, -0.2) is 13.2 Å². The van der Waals surface area contributed by atoms with Crippen LogP contribution in [0.15, 0.2) is 12.1 Å². The molecule has 0 saturated heterocycles. The molecule has 0 radical (unpaired) electrons. The van der Waals surface area contributed by atoms with Crippen LogP contribution in [0.2, 0.25) is 0 Å². The number of halogens is 3. The summed E-state index contributed by atoms with van der Waals surface area (Å²) >= 11 is 0. The summed E-state index contributed by atoms with van der Waals surface area (Å²) in [5.74, 6) is -3.68. The van der Waals surface area contributed by atoms with Gasteiger partial charge < -0.3 is 14.2 Å². The van der Waals surface area contributed by atoms with E-state index in [1.54, 1.807) is 0 Å². The van der Waals surface area contributed by atoms with Gasteiger partial charge in [-0.15, -0.1) is 0 Å². The highest BCUT2D eigenvalue weighted by molar-refractivity contribution is 5.19. The third-order valence-corrected chi connectivity index (χ3v) is 5.32. The first-order valence-corrected chi connectivity index (χ1v) is 12.0. The summed E-state index contributed by atoms with van der Waals surface area (Å²) in [4.78, 5) is 0. The molecule has 0 amide bonds. The Morgan fingerprint density at radius 1 is 0.710 bits per heavy atom. The molecule has 0 spiro atoms. The number of hydrogen-bond acceptors (Lipinski definition) is 3. The molecule has 1 rings (SSSR count). The number of hydrogen-bond donors (Lipinski definition) is 0. The van der Waals surface area contributed by atoms with Crippen molar-refractivity contribution in [3.63, 3.8) is 0 Å². The third-order valence-electron chi connectivity index (χ3n) is 5.32. The summed E-state index contributed by atoms with van der Waals surface area (Å²) in [5.41, 5.74) is 0.474. The fourth-order valence-electron chi connectivity index (χ4n) is 3.62. The van der Waals surface area contributed by atoms with Gasteiger partial charge in [0.05, 0.1) is 6.10 Å². The zero-order valence-corrected chi connectivity index (χ0v) is 19.6. The van der Waals surface area contributed by atoms with Gasteiger partial charge in [0, 0.05) is 13.2 Å². The molecular formula is C25H41F3O3. The van der Waals surface area contributed by atoms with Crippen molar-refractivity contribution >= 4 is 0 Å². The van der Waals surface area contributed by atoms with Crippen LogP contribution in [0.25, 0.3) is 0 Å². The van der Waals surface area contributed by atoms with Gasteiger partial charge in [0.25, 0.3) is 6.48 Å². The zero-order chi connectivity index (χ0) is 22.9. The Balaban J connectivity index is 2.46. The summed E-state index contributed by atoms with van der Waals surface area (Å²) in [6.45, 7) is 6.39. The van der Waals surface area contributed by atoms with Crippen LogP contribution in [-0.4, -0.2) is 25.8 Å². The first-order valence-electron chi connectivity index (χ1n) is 12.0. The smallest absolute Gasteiger partial charge is 0.271 e. The molecular weight excluding hydrogens is 405 g/mol. The highest BCUT2D eigenvalue weighted by atomic mass is 19.2. The van der Waals surface area contributed by atoms with Crippen molar-refractivity contribution in [2.24, 2.45) is 0 Å². The van der Waals surface area contributed by atoms with Crippen molar-refractivity contribution in [3.05, 3.63) is 35.1 Å². The lowest BCUT2D eigenvalue weighted by atomic mass is 10.0. The topological polar surface area (TPSA) is 27.7 Å². The lowest BCUT2D eigenvalue weighted by Gasteiger charge is -2.24. The average molecular weight is 447 g/mol. The highest BCUT2D eigenvalue weighted by Crippen LogP contribution is 2.20. The van der Waals surface area contributed by atoms with Gasteiger partial charge in [0.1, 0.15) is 0 Å². The Bertz CT molecular complexity index is 554. The van der Waals surface area contributed by atoms with E-state index in [4.69, 9.17) is 14.2 Å². The Kier molecular flexibility index (Phi) is 15.7. The second-order valence-electron chi connectivity index (χ2n) is 7.99. The molecule has 0 bridgehead atoms. The maximum atomic E-state index is 13.4. The van der Waals surface area contributed by atoms with E-state index < -0.39 is 23.9 Å². The summed E-state index contributed by atoms with van der Waals surface area (Å²) in [7, 11) is 0. The minimum absolute atomic E-state index is 0.0143. The summed E-state index contributed by atoms with van der Waals surface area (Å²) in [6, 6.07) is 2.15. The van der Waals surface area contributed by atoms with Gasteiger partial charge in [0.15, 0.2) is 17.5 Å². The molecule has 0 saturated carbocycles. The first-order chi connectivity index (χ1) is 15.0. The molecule has 0 aliphatic carbocycles. The molecule has 1 unspecified atom stereocenters. The van der Waals surface area contributed by atoms with E-state index >= 15 is 0 Å². The van der Waals surface area contributed by atoms with Crippen molar-refractivity contribution in [1.82, 2.24) is 0 Å². The van der Waals surface area contributed by atoms with Gasteiger partial charge in [-0.05, 0) is 57.2 Å². The van der Waals surface area contributed by atoms with Crippen molar-refractivity contribution in [1.29, 1.82) is 0 Å². The standard InChI is InChI=1S/C25H41F3O3/c1-4-7-8-9-10-11-12-16-21(31-25(29-5-2)30-6-3)17-14-13-15-20-18-22(26)24(28)23(27)19-20/h18-19,21,25H,4-17H2,1-3H3. The largest absolute Gasteiger partial charge is 0.330 e. The number of unbranched alkanes of at least 4 members (excludes halogenated alkanes) is 7. The van der Waals surface area contributed by atoms with Crippen LogP contribution in [0.5, 0.6) is 0 Å². The van der Waals surface area contributed by atoms with E-state index in [9.17, 15) is 13.2 Å². The van der Waals surface area contributed by atoms with E-state index in [-0.39, 0.29) is 6.10 Å². The van der Waals surface area contributed by atoms with Crippen LogP contribution < -0.4 is 0 Å². The van der Waals surface area contributed by atoms with E-state index in [2.05, 4.69) is 6.92 Å². The normalized spacial score (nSPS) is 12.6. The van der Waals surface area contributed by atoms with Crippen LogP contribution in [0.1, 0.15) is 97.0 Å². The van der Waals surface area contributed by atoms with E-state index in [1.165, 1.54) is 38.5 Å². The van der Waals surface area contributed by atoms with Gasteiger partial charge in [-0.2, -0.15) is 0 Å². The summed E-state index contributed by atoms with van der Waals surface area (Å²) < 4.78 is 57.0. The van der Waals surface area contributed by atoms with Gasteiger partial charge >= 0.3 is 0 Å². The maximum Gasteiger partial charge on any atom is 0.271 e. The summed E-state index contributed by atoms with van der Waals surface area (Å²) in [6.07, 6.45) is 12.5. The fraction of sp³-hybridized carbons (Fsp3) is 0.760. The second kappa shape index (κ2) is 17.4. The van der Waals surface area contributed by atoms with Crippen LogP contribution in [0.4, 0.5) is 13.2 Å². The monoisotopic (exact) mass is 446 g/mol. The van der Waals surface area contributed by atoms with E-state index in [0.29, 0.717) is 25.2 Å². The van der Waals surface area contributed by atoms with Gasteiger partial charge in [0.2, 0.25) is 0 Å². The molecule has 0 aromatic heterocycles. The van der Waals surface area contributed by atoms with E-state index in [0.717, 1.165) is 44.2 Å². The Hall–Kier alpha value is -1.11. The van der Waals surface area contributed by atoms with Crippen molar-refractivity contribution in [2.45, 2.75) is 110 Å². The number of benzene rings is 1. The molecule has 0 N–H and O–H groups in total. The molecule has 1 atom stereocenters. The molecule has 0 fully saturated rings. The minimum Gasteiger partial charge on any atom is -0.330 e. The van der Waals surface area contributed by atoms with Gasteiger partial charge in [-0.1, -0.05) is 58.3 Å². The summed E-state index contributed by atoms with van der Waals surface area (Å²) in [5, 5.41) is 0. The minimum atomic E-state index is -1.41. The van der Waals surface area contributed by atoms with Gasteiger partial charge in [-0.3, -0.25) is 0 Å². The van der Waals surface area contributed by atoms with Crippen LogP contribution in [0.3, 0.4) is 0 Å². The molecule has 6 heteroatoms. The molecule has 0 aliphatic rings. The second-order valence-corrected chi connectivity index (χ2v) is 7.99. The van der Waals surface area contributed by atoms with Crippen LogP contribution in [0, 0.1) is 17.5 Å². The van der Waals surface area contributed by atoms with Crippen molar-refractivity contribution in [2.75, 3.05) is 13.2 Å². The molecule has 1 aromatic rings. The Morgan fingerprint density at radius 2 is 1.23 bits per heavy atom. The Labute approximate surface area is 186 Å². The predicted molar refractivity (Wildman–Crippen MR) is 118 cm³/mol. The quantitative estimate of drug-likeness (QED) is 0.124. The molecule has 3 nitrogen and oxygen atoms in total. The maximum absolute atomic E-state index is 13.4. The zero-order valence-electron chi connectivity index (χ0n) is 19.6. The molecule has 31 heavy (non-hydrogen) atoms. The predicted octanol–water partition coefficient (Wildman–Crippen LogP) is 7.70. The van der Waals surface area contributed by atoms with Crippen LogP contribution in [-0.2, 0) is 20.6 Å². The SMILES string of the molecule is CCCCCCCCCC(CCCCc1cc(F)c(F)c(F)c1)OC(OCC)OCC. The number of aryl methyl sites for hydroxylation is 1. The Morgan fingerprint density at radius 3 is 1.77 bits per heavy atom. The van der Waals surface area contributed by atoms with Crippen molar-refractivity contribution < 1.29 is 27.4 Å².